The summed E-state index contributed by atoms with van der Waals surface area (Å²) in [5.74, 6) is -1.42. The average molecular weight is 294 g/mol. The van der Waals surface area contributed by atoms with Gasteiger partial charge < -0.3 is 19.3 Å². The molecule has 0 aliphatic carbocycles. The Kier molecular flexibility index (Phi) is 4.06. The summed E-state index contributed by atoms with van der Waals surface area (Å²) < 4.78 is 15.8. The Morgan fingerprint density at radius 2 is 1.95 bits per heavy atom. The second-order valence-corrected chi connectivity index (χ2v) is 5.80. The van der Waals surface area contributed by atoms with Crippen molar-refractivity contribution in [2.75, 3.05) is 6.79 Å². The van der Waals surface area contributed by atoms with Crippen molar-refractivity contribution in [1.29, 1.82) is 0 Å². The molecule has 0 saturated carbocycles. The molecular weight excluding hydrogens is 276 g/mol. The van der Waals surface area contributed by atoms with Crippen LogP contribution in [0.4, 0.5) is 0 Å². The van der Waals surface area contributed by atoms with Crippen molar-refractivity contribution in [3.8, 4) is 11.5 Å². The number of ether oxygens (including phenoxy) is 3. The zero-order valence-electron chi connectivity index (χ0n) is 12.2. The molecule has 1 aliphatic heterocycles. The van der Waals surface area contributed by atoms with E-state index in [1.54, 1.807) is 39.0 Å². The summed E-state index contributed by atoms with van der Waals surface area (Å²) in [6.07, 6.45) is -0.339. The topological polar surface area (TPSA) is 82.1 Å². The highest BCUT2D eigenvalue weighted by Gasteiger charge is 2.30. The van der Waals surface area contributed by atoms with Gasteiger partial charge >= 0.3 is 11.9 Å². The number of benzene rings is 1. The second kappa shape index (κ2) is 5.63. The molecule has 0 bridgehead atoms. The summed E-state index contributed by atoms with van der Waals surface area (Å²) in [7, 11) is 0. The van der Waals surface area contributed by atoms with E-state index in [0.717, 1.165) is 0 Å². The van der Waals surface area contributed by atoms with Gasteiger partial charge in [-0.05, 0) is 38.5 Å². The Morgan fingerprint density at radius 3 is 2.57 bits per heavy atom. The molecule has 1 aromatic rings. The molecule has 114 valence electrons. The summed E-state index contributed by atoms with van der Waals surface area (Å²) in [4.78, 5) is 23.3. The minimum Gasteiger partial charge on any atom is -0.481 e. The fourth-order valence-corrected chi connectivity index (χ4v) is 2.01. The molecule has 0 unspecified atom stereocenters. The molecule has 6 nitrogen and oxygen atoms in total. The van der Waals surface area contributed by atoms with Gasteiger partial charge in [-0.3, -0.25) is 9.59 Å². The van der Waals surface area contributed by atoms with E-state index in [1.165, 1.54) is 0 Å². The van der Waals surface area contributed by atoms with Crippen LogP contribution in [0.15, 0.2) is 18.2 Å². The highest BCUT2D eigenvalue weighted by atomic mass is 16.7. The number of aliphatic carboxylic acids is 1. The van der Waals surface area contributed by atoms with Crippen molar-refractivity contribution < 1.29 is 28.9 Å². The Bertz CT molecular complexity index is 558. The lowest BCUT2D eigenvalue weighted by Crippen LogP contribution is -2.28. The molecule has 1 aliphatic rings. The minimum atomic E-state index is -1.07. The molecule has 1 aromatic carbocycles. The zero-order valence-corrected chi connectivity index (χ0v) is 12.2. The van der Waals surface area contributed by atoms with Crippen molar-refractivity contribution in [2.45, 2.75) is 38.7 Å². The van der Waals surface area contributed by atoms with Crippen LogP contribution < -0.4 is 9.47 Å². The highest BCUT2D eigenvalue weighted by Crippen LogP contribution is 2.36. The van der Waals surface area contributed by atoms with Crippen LogP contribution >= 0.6 is 0 Å². The smallest absolute Gasteiger partial charge is 0.314 e. The predicted octanol–water partition coefficient (Wildman–Crippen LogP) is 2.32. The van der Waals surface area contributed by atoms with Crippen molar-refractivity contribution in [3.63, 3.8) is 0 Å². The SMILES string of the molecule is CC(C)(C)OC(=O)[C@@H](CC(=O)O)c1ccc2c(c1)OCO2. The lowest BCUT2D eigenvalue weighted by Gasteiger charge is -2.23. The molecule has 0 spiro atoms. The molecule has 0 aromatic heterocycles. The van der Waals surface area contributed by atoms with Gasteiger partial charge in [0.05, 0.1) is 12.3 Å². The maximum absolute atomic E-state index is 12.2. The number of esters is 1. The number of rotatable bonds is 4. The third kappa shape index (κ3) is 3.87. The van der Waals surface area contributed by atoms with E-state index in [2.05, 4.69) is 0 Å². The van der Waals surface area contributed by atoms with E-state index in [1.807, 2.05) is 0 Å². The van der Waals surface area contributed by atoms with Gasteiger partial charge in [0.1, 0.15) is 5.60 Å². The van der Waals surface area contributed by atoms with Crippen LogP contribution in [0.2, 0.25) is 0 Å². The summed E-state index contributed by atoms with van der Waals surface area (Å²) in [5, 5.41) is 9.02. The van der Waals surface area contributed by atoms with Crippen molar-refractivity contribution in [3.05, 3.63) is 23.8 Å². The van der Waals surface area contributed by atoms with Gasteiger partial charge in [0.25, 0.3) is 0 Å². The van der Waals surface area contributed by atoms with Gasteiger partial charge in [-0.1, -0.05) is 6.07 Å². The normalized spacial score (nSPS) is 14.6. The molecule has 1 atom stereocenters. The monoisotopic (exact) mass is 294 g/mol. The van der Waals surface area contributed by atoms with E-state index in [-0.39, 0.29) is 13.2 Å². The van der Waals surface area contributed by atoms with Gasteiger partial charge in [0.15, 0.2) is 11.5 Å². The van der Waals surface area contributed by atoms with Crippen LogP contribution in [0, 0.1) is 0 Å². The fourth-order valence-electron chi connectivity index (χ4n) is 2.01. The van der Waals surface area contributed by atoms with E-state index in [4.69, 9.17) is 19.3 Å². The van der Waals surface area contributed by atoms with Gasteiger partial charge in [0, 0.05) is 0 Å². The van der Waals surface area contributed by atoms with E-state index < -0.39 is 23.5 Å². The van der Waals surface area contributed by atoms with Gasteiger partial charge in [-0.15, -0.1) is 0 Å². The number of fused-ring (bicyclic) bond motifs is 1. The number of carbonyl (C=O) groups excluding carboxylic acids is 1. The van der Waals surface area contributed by atoms with Gasteiger partial charge in [-0.25, -0.2) is 0 Å². The maximum atomic E-state index is 12.2. The lowest BCUT2D eigenvalue weighted by molar-refractivity contribution is -0.159. The van der Waals surface area contributed by atoms with Crippen LogP contribution in [-0.2, 0) is 14.3 Å². The molecule has 0 fully saturated rings. The predicted molar refractivity (Wildman–Crippen MR) is 73.4 cm³/mol. The van der Waals surface area contributed by atoms with E-state index in [9.17, 15) is 9.59 Å². The van der Waals surface area contributed by atoms with E-state index in [0.29, 0.717) is 17.1 Å². The van der Waals surface area contributed by atoms with Crippen molar-refractivity contribution in [2.24, 2.45) is 0 Å². The van der Waals surface area contributed by atoms with Crippen LogP contribution in [0.25, 0.3) is 0 Å². The highest BCUT2D eigenvalue weighted by molar-refractivity contribution is 5.84. The summed E-state index contributed by atoms with van der Waals surface area (Å²) in [6.45, 7) is 5.34. The first-order chi connectivity index (χ1) is 9.76. The second-order valence-electron chi connectivity index (χ2n) is 5.80. The lowest BCUT2D eigenvalue weighted by atomic mass is 9.95. The maximum Gasteiger partial charge on any atom is 0.314 e. The van der Waals surface area contributed by atoms with Crippen LogP contribution in [-0.4, -0.2) is 29.4 Å². The average Bonchev–Trinajstić information content (AvgIpc) is 2.80. The third-order valence-corrected chi connectivity index (χ3v) is 2.87. The first kappa shape index (κ1) is 15.2. The number of carboxylic acids is 1. The molecule has 0 amide bonds. The van der Waals surface area contributed by atoms with Crippen molar-refractivity contribution >= 4 is 11.9 Å². The first-order valence-electron chi connectivity index (χ1n) is 6.60. The van der Waals surface area contributed by atoms with Crippen LogP contribution in [0.3, 0.4) is 0 Å². The Balaban J connectivity index is 2.27. The summed E-state index contributed by atoms with van der Waals surface area (Å²) >= 11 is 0. The Labute approximate surface area is 122 Å². The molecule has 0 saturated heterocycles. The van der Waals surface area contributed by atoms with Gasteiger partial charge in [-0.2, -0.15) is 0 Å². The van der Waals surface area contributed by atoms with Crippen LogP contribution in [0.5, 0.6) is 11.5 Å². The molecule has 1 N–H and O–H groups in total. The standard InChI is InChI=1S/C15H18O6/c1-15(2,3)21-14(18)10(7-13(16)17)9-4-5-11-12(6-9)20-8-19-11/h4-6,10H,7-8H2,1-3H3,(H,16,17)/t10-/m0/s1. The third-order valence-electron chi connectivity index (χ3n) is 2.87. The zero-order chi connectivity index (χ0) is 15.6. The van der Waals surface area contributed by atoms with Gasteiger partial charge in [0.2, 0.25) is 6.79 Å². The molecule has 6 heteroatoms. The fraction of sp³-hybridized carbons (Fsp3) is 0.467. The van der Waals surface area contributed by atoms with Crippen molar-refractivity contribution in [1.82, 2.24) is 0 Å². The number of carboxylic acid groups (broad SMARTS) is 1. The minimum absolute atomic E-state index is 0.120. The molecule has 21 heavy (non-hydrogen) atoms. The number of hydrogen-bond acceptors (Lipinski definition) is 5. The van der Waals surface area contributed by atoms with E-state index >= 15 is 0 Å². The van der Waals surface area contributed by atoms with Crippen LogP contribution in [0.1, 0.15) is 38.7 Å². The Morgan fingerprint density at radius 1 is 1.29 bits per heavy atom. The Hall–Kier alpha value is -2.24. The largest absolute Gasteiger partial charge is 0.481 e. The molecular formula is C15H18O6. The molecule has 0 radical (unpaired) electrons. The molecule has 2 rings (SSSR count). The first-order valence-corrected chi connectivity index (χ1v) is 6.60. The summed E-state index contributed by atoms with van der Waals surface area (Å²) in [6, 6.07) is 4.95. The number of carbonyl (C=O) groups is 2. The quantitative estimate of drug-likeness (QED) is 0.858. The molecule has 1 heterocycles. The number of hydrogen-bond donors (Lipinski definition) is 1. The summed E-state index contributed by atoms with van der Waals surface area (Å²) in [5.41, 5.74) is -0.139.